The Kier molecular flexibility index (Phi) is 4.79. The fraction of sp³-hybridized carbons (Fsp3) is 0.125. The number of anilines is 1. The van der Waals surface area contributed by atoms with E-state index < -0.39 is 10.0 Å². The van der Waals surface area contributed by atoms with Crippen molar-refractivity contribution in [2.75, 3.05) is 17.6 Å². The Labute approximate surface area is 190 Å². The van der Waals surface area contributed by atoms with Crippen LogP contribution in [0.25, 0.3) is 38.8 Å². The minimum Gasteiger partial charge on any atom is -0.293 e. The van der Waals surface area contributed by atoms with Gasteiger partial charge >= 0.3 is 5.69 Å². The van der Waals surface area contributed by atoms with Crippen molar-refractivity contribution in [3.63, 3.8) is 0 Å². The molecule has 0 aliphatic carbocycles. The van der Waals surface area contributed by atoms with E-state index in [-0.39, 0.29) is 5.69 Å². The molecule has 33 heavy (non-hydrogen) atoms. The van der Waals surface area contributed by atoms with Gasteiger partial charge in [0.05, 0.1) is 40.4 Å². The molecule has 166 valence electrons. The zero-order valence-corrected chi connectivity index (χ0v) is 19.1. The number of fused-ring (bicyclic) bond motifs is 3. The standard InChI is InChI=1S/C24H21N5O3S/c1-27-22-15-26-21-11-6-16(17-5-4-12-25-14-17)13-20(21)23(22)29(24(27)30)19-9-7-18(8-10-19)28(2)33(3,31)32/h4-15H,1-3H3. The maximum absolute atomic E-state index is 13.2. The lowest BCUT2D eigenvalue weighted by atomic mass is 10.0. The van der Waals surface area contributed by atoms with Crippen molar-refractivity contribution in [2.24, 2.45) is 7.05 Å². The largest absolute Gasteiger partial charge is 0.333 e. The molecule has 0 aliphatic heterocycles. The second-order valence-corrected chi connectivity index (χ2v) is 9.90. The van der Waals surface area contributed by atoms with Gasteiger partial charge in [0.2, 0.25) is 10.0 Å². The van der Waals surface area contributed by atoms with E-state index in [9.17, 15) is 13.2 Å². The topological polar surface area (TPSA) is 90.1 Å². The van der Waals surface area contributed by atoms with E-state index in [0.29, 0.717) is 16.9 Å². The lowest BCUT2D eigenvalue weighted by molar-refractivity contribution is 0.600. The first-order chi connectivity index (χ1) is 15.8. The first kappa shape index (κ1) is 20.9. The molecule has 0 aliphatic rings. The van der Waals surface area contributed by atoms with Crippen LogP contribution in [0.15, 0.2) is 78.0 Å². The summed E-state index contributed by atoms with van der Waals surface area (Å²) in [6.07, 6.45) is 6.37. The van der Waals surface area contributed by atoms with Crippen molar-refractivity contribution >= 4 is 37.6 Å². The highest BCUT2D eigenvalue weighted by molar-refractivity contribution is 7.92. The molecule has 0 spiro atoms. The molecule has 0 radical (unpaired) electrons. The van der Waals surface area contributed by atoms with Crippen molar-refractivity contribution < 1.29 is 8.42 Å². The second-order valence-electron chi connectivity index (χ2n) is 7.89. The molecule has 0 bridgehead atoms. The highest BCUT2D eigenvalue weighted by Gasteiger charge is 2.18. The van der Waals surface area contributed by atoms with Crippen LogP contribution in [-0.4, -0.2) is 40.8 Å². The number of rotatable bonds is 4. The number of nitrogens with zero attached hydrogens (tertiary/aromatic N) is 5. The molecule has 3 heterocycles. The molecule has 9 heteroatoms. The van der Waals surface area contributed by atoms with Gasteiger partial charge in [-0.15, -0.1) is 0 Å². The van der Waals surface area contributed by atoms with Crippen LogP contribution >= 0.6 is 0 Å². The molecule has 0 saturated heterocycles. The van der Waals surface area contributed by atoms with Crippen molar-refractivity contribution in [1.82, 2.24) is 19.1 Å². The van der Waals surface area contributed by atoms with Gasteiger partial charge in [-0.1, -0.05) is 12.1 Å². The van der Waals surface area contributed by atoms with Crippen LogP contribution in [0.5, 0.6) is 0 Å². The number of imidazole rings is 1. The fourth-order valence-electron chi connectivity index (χ4n) is 3.95. The van der Waals surface area contributed by atoms with Gasteiger partial charge in [0.1, 0.15) is 0 Å². The van der Waals surface area contributed by atoms with E-state index >= 15 is 0 Å². The summed E-state index contributed by atoms with van der Waals surface area (Å²) in [6.45, 7) is 0. The molecule has 0 saturated carbocycles. The number of benzene rings is 2. The molecule has 2 aromatic carbocycles. The highest BCUT2D eigenvalue weighted by atomic mass is 32.2. The lowest BCUT2D eigenvalue weighted by Crippen LogP contribution is -2.25. The van der Waals surface area contributed by atoms with Crippen molar-refractivity contribution in [3.8, 4) is 16.8 Å². The van der Waals surface area contributed by atoms with E-state index in [1.54, 1.807) is 59.0 Å². The zero-order chi connectivity index (χ0) is 23.3. The predicted octanol–water partition coefficient (Wildman–Crippen LogP) is 3.34. The summed E-state index contributed by atoms with van der Waals surface area (Å²) in [7, 11) is -0.177. The Morgan fingerprint density at radius 3 is 2.39 bits per heavy atom. The van der Waals surface area contributed by atoms with Gasteiger partial charge in [0, 0.05) is 37.4 Å². The molecule has 3 aromatic heterocycles. The third kappa shape index (κ3) is 3.46. The maximum atomic E-state index is 13.2. The first-order valence-corrected chi connectivity index (χ1v) is 12.1. The van der Waals surface area contributed by atoms with Crippen LogP contribution in [0.3, 0.4) is 0 Å². The molecule has 0 unspecified atom stereocenters. The van der Waals surface area contributed by atoms with E-state index in [1.165, 1.54) is 11.4 Å². The van der Waals surface area contributed by atoms with Gasteiger partial charge in [-0.2, -0.15) is 0 Å². The highest BCUT2D eigenvalue weighted by Crippen LogP contribution is 2.30. The van der Waals surface area contributed by atoms with Crippen molar-refractivity contribution in [3.05, 3.63) is 83.7 Å². The molecule has 0 fully saturated rings. The summed E-state index contributed by atoms with van der Waals surface area (Å²) in [4.78, 5) is 22.0. The van der Waals surface area contributed by atoms with E-state index in [0.717, 1.165) is 33.8 Å². The number of sulfonamides is 1. The quantitative estimate of drug-likeness (QED) is 0.411. The SMILES string of the molecule is CN(c1ccc(-n2c(=O)n(C)c3cnc4ccc(-c5cccnc5)cc4c32)cc1)S(C)(=O)=O. The smallest absolute Gasteiger partial charge is 0.293 e. The third-order valence-corrected chi connectivity index (χ3v) is 7.05. The molecule has 0 N–H and O–H groups in total. The van der Waals surface area contributed by atoms with Crippen LogP contribution in [0.1, 0.15) is 0 Å². The van der Waals surface area contributed by atoms with Crippen LogP contribution in [0.4, 0.5) is 5.69 Å². The Balaban J connectivity index is 1.76. The predicted molar refractivity (Wildman–Crippen MR) is 130 cm³/mol. The van der Waals surface area contributed by atoms with Gasteiger partial charge in [0.15, 0.2) is 0 Å². The van der Waals surface area contributed by atoms with Gasteiger partial charge in [-0.25, -0.2) is 13.2 Å². The first-order valence-electron chi connectivity index (χ1n) is 10.2. The van der Waals surface area contributed by atoms with Crippen LogP contribution in [0.2, 0.25) is 0 Å². The molecular weight excluding hydrogens is 438 g/mol. The monoisotopic (exact) mass is 459 g/mol. The molecule has 5 aromatic rings. The Morgan fingerprint density at radius 1 is 0.970 bits per heavy atom. The Morgan fingerprint density at radius 2 is 1.73 bits per heavy atom. The third-order valence-electron chi connectivity index (χ3n) is 5.85. The Bertz CT molecular complexity index is 1670. The van der Waals surface area contributed by atoms with Crippen LogP contribution < -0.4 is 9.99 Å². The fourth-order valence-corrected chi connectivity index (χ4v) is 4.46. The summed E-state index contributed by atoms with van der Waals surface area (Å²) in [5, 5.41) is 0.837. The normalized spacial score (nSPS) is 11.8. The summed E-state index contributed by atoms with van der Waals surface area (Å²) >= 11 is 0. The summed E-state index contributed by atoms with van der Waals surface area (Å²) in [6, 6.07) is 16.7. The van der Waals surface area contributed by atoms with Crippen LogP contribution in [-0.2, 0) is 17.1 Å². The van der Waals surface area contributed by atoms with Crippen molar-refractivity contribution in [1.29, 1.82) is 0 Å². The maximum Gasteiger partial charge on any atom is 0.333 e. The van der Waals surface area contributed by atoms with Crippen molar-refractivity contribution in [2.45, 2.75) is 0 Å². The molecule has 0 atom stereocenters. The summed E-state index contributed by atoms with van der Waals surface area (Å²) in [5.41, 5.74) is 5.08. The molecule has 0 amide bonds. The number of pyridine rings is 2. The minimum absolute atomic E-state index is 0.213. The lowest BCUT2D eigenvalue weighted by Gasteiger charge is -2.17. The molecular formula is C24H21N5O3S. The Hall–Kier alpha value is -3.98. The zero-order valence-electron chi connectivity index (χ0n) is 18.3. The summed E-state index contributed by atoms with van der Waals surface area (Å²) < 4.78 is 28.1. The molecule has 8 nitrogen and oxygen atoms in total. The molecule has 5 rings (SSSR count). The van der Waals surface area contributed by atoms with Gasteiger partial charge in [-0.3, -0.25) is 23.4 Å². The van der Waals surface area contributed by atoms with E-state index in [2.05, 4.69) is 9.97 Å². The second kappa shape index (κ2) is 7.56. The van der Waals surface area contributed by atoms with E-state index in [4.69, 9.17) is 0 Å². The van der Waals surface area contributed by atoms with E-state index in [1.807, 2.05) is 30.3 Å². The van der Waals surface area contributed by atoms with Crippen LogP contribution in [0, 0.1) is 0 Å². The number of hydrogen-bond acceptors (Lipinski definition) is 5. The summed E-state index contributed by atoms with van der Waals surface area (Å²) in [5.74, 6) is 0. The van der Waals surface area contributed by atoms with Gasteiger partial charge < -0.3 is 0 Å². The average molecular weight is 460 g/mol. The minimum atomic E-state index is -3.38. The average Bonchev–Trinajstić information content (AvgIpc) is 3.08. The number of hydrogen-bond donors (Lipinski definition) is 0. The number of aromatic nitrogens is 4. The number of aryl methyl sites for hydroxylation is 1. The van der Waals surface area contributed by atoms with Gasteiger partial charge in [-0.05, 0) is 48.0 Å². The van der Waals surface area contributed by atoms with Gasteiger partial charge in [0.25, 0.3) is 0 Å².